The molecule has 2 saturated heterocycles. The van der Waals surface area contributed by atoms with Crippen LogP contribution in [0, 0.1) is 0 Å². The van der Waals surface area contributed by atoms with Crippen LogP contribution in [0.5, 0.6) is 0 Å². The van der Waals surface area contributed by atoms with E-state index in [9.17, 15) is 14.4 Å². The zero-order chi connectivity index (χ0) is 17.1. The van der Waals surface area contributed by atoms with Gasteiger partial charge in [0.15, 0.2) is 0 Å². The molecule has 2 fully saturated rings. The van der Waals surface area contributed by atoms with Crippen LogP contribution in [0.2, 0.25) is 0 Å². The molecule has 2 aliphatic rings. The summed E-state index contributed by atoms with van der Waals surface area (Å²) >= 11 is 0. The number of hydrogen-bond donors (Lipinski definition) is 3. The third kappa shape index (κ3) is 3.91. The Morgan fingerprint density at radius 2 is 2.08 bits per heavy atom. The van der Waals surface area contributed by atoms with Gasteiger partial charge in [-0.3, -0.25) is 29.3 Å². The van der Waals surface area contributed by atoms with Crippen LogP contribution in [0.3, 0.4) is 0 Å². The monoisotopic (exact) mass is 335 g/mol. The van der Waals surface area contributed by atoms with Gasteiger partial charge in [0.25, 0.3) is 0 Å². The van der Waals surface area contributed by atoms with E-state index in [0.29, 0.717) is 12.8 Å². The second kappa shape index (κ2) is 7.00. The van der Waals surface area contributed by atoms with E-state index in [4.69, 9.17) is 5.11 Å². The first-order valence-electron chi connectivity index (χ1n) is 8.10. The fourth-order valence-electron chi connectivity index (χ4n) is 3.18. The molecule has 3 N–H and O–H groups in total. The van der Waals surface area contributed by atoms with Crippen LogP contribution in [-0.2, 0) is 14.4 Å². The Hall–Kier alpha value is -2.42. The number of aliphatic carboxylic acids is 1. The molecule has 0 radical (unpaired) electrons. The zero-order valence-corrected chi connectivity index (χ0v) is 13.3. The van der Waals surface area contributed by atoms with Gasteiger partial charge in [-0.05, 0) is 19.3 Å². The molecule has 2 amide bonds. The maximum absolute atomic E-state index is 11.8. The summed E-state index contributed by atoms with van der Waals surface area (Å²) in [6.07, 6.45) is 6.02. The molecule has 9 nitrogen and oxygen atoms in total. The van der Waals surface area contributed by atoms with Crippen LogP contribution in [0.15, 0.2) is 12.4 Å². The van der Waals surface area contributed by atoms with Gasteiger partial charge in [0.05, 0.1) is 24.5 Å². The molecule has 9 heteroatoms. The normalized spacial score (nSPS) is 23.1. The van der Waals surface area contributed by atoms with Gasteiger partial charge in [0.2, 0.25) is 11.8 Å². The Kier molecular flexibility index (Phi) is 4.79. The molecule has 0 bridgehead atoms. The van der Waals surface area contributed by atoms with Crippen molar-refractivity contribution in [1.82, 2.24) is 20.0 Å². The smallest absolute Gasteiger partial charge is 0.317 e. The number of amides is 2. The first kappa shape index (κ1) is 16.4. The third-order valence-corrected chi connectivity index (χ3v) is 4.47. The van der Waals surface area contributed by atoms with Gasteiger partial charge in [-0.2, -0.15) is 5.10 Å². The Morgan fingerprint density at radius 3 is 2.75 bits per heavy atom. The molecule has 1 aromatic rings. The zero-order valence-electron chi connectivity index (χ0n) is 13.3. The highest BCUT2D eigenvalue weighted by atomic mass is 16.4. The minimum absolute atomic E-state index is 0.0775. The summed E-state index contributed by atoms with van der Waals surface area (Å²) in [6, 6.07) is -0.190. The van der Waals surface area contributed by atoms with Crippen LogP contribution >= 0.6 is 0 Å². The van der Waals surface area contributed by atoms with E-state index >= 15 is 0 Å². The van der Waals surface area contributed by atoms with Crippen molar-refractivity contribution in [2.24, 2.45) is 0 Å². The molecule has 2 aliphatic heterocycles. The van der Waals surface area contributed by atoms with Gasteiger partial charge in [0, 0.05) is 25.7 Å². The summed E-state index contributed by atoms with van der Waals surface area (Å²) in [5.74, 6) is -1.34. The molecule has 1 unspecified atom stereocenters. The summed E-state index contributed by atoms with van der Waals surface area (Å²) in [4.78, 5) is 35.6. The van der Waals surface area contributed by atoms with Crippen molar-refractivity contribution in [3.05, 3.63) is 12.4 Å². The lowest BCUT2D eigenvalue weighted by Gasteiger charge is -2.30. The standard InChI is InChI=1S/C15H21N5O4/c21-13-2-1-12(15(24)18-13)17-10-7-16-20(8-10)11-3-5-19(6-4-11)9-14(22)23/h7-8,11-12,17H,1-6,9H2,(H,22,23)(H,18,21,24). The van der Waals surface area contributed by atoms with Gasteiger partial charge in [0.1, 0.15) is 6.04 Å². The van der Waals surface area contributed by atoms with Crippen molar-refractivity contribution in [2.75, 3.05) is 25.0 Å². The van der Waals surface area contributed by atoms with Crippen LogP contribution in [0.25, 0.3) is 0 Å². The molecule has 0 aliphatic carbocycles. The first-order chi connectivity index (χ1) is 11.5. The van der Waals surface area contributed by atoms with Gasteiger partial charge in [-0.25, -0.2) is 0 Å². The predicted molar refractivity (Wildman–Crippen MR) is 84.4 cm³/mol. The Labute approximate surface area is 139 Å². The average molecular weight is 335 g/mol. The van der Waals surface area contributed by atoms with E-state index in [1.807, 2.05) is 15.8 Å². The number of carbonyl (C=O) groups is 3. The Morgan fingerprint density at radius 1 is 1.33 bits per heavy atom. The maximum atomic E-state index is 11.8. The Balaban J connectivity index is 1.53. The maximum Gasteiger partial charge on any atom is 0.317 e. The lowest BCUT2D eigenvalue weighted by molar-refractivity contribution is -0.139. The minimum atomic E-state index is -0.803. The molecule has 130 valence electrons. The van der Waals surface area contributed by atoms with Crippen LogP contribution < -0.4 is 10.6 Å². The fraction of sp³-hybridized carbons (Fsp3) is 0.600. The van der Waals surface area contributed by atoms with Gasteiger partial charge >= 0.3 is 5.97 Å². The summed E-state index contributed by atoms with van der Waals surface area (Å²) in [6.45, 7) is 1.54. The molecule has 3 heterocycles. The summed E-state index contributed by atoms with van der Waals surface area (Å²) in [5, 5.41) is 18.6. The lowest BCUT2D eigenvalue weighted by Crippen LogP contribution is -2.47. The topological polar surface area (TPSA) is 117 Å². The highest BCUT2D eigenvalue weighted by Gasteiger charge is 2.27. The van der Waals surface area contributed by atoms with Crippen molar-refractivity contribution in [2.45, 2.75) is 37.8 Å². The van der Waals surface area contributed by atoms with E-state index in [0.717, 1.165) is 31.6 Å². The van der Waals surface area contributed by atoms with Gasteiger partial charge < -0.3 is 10.4 Å². The molecule has 0 spiro atoms. The quantitative estimate of drug-likeness (QED) is 0.639. The van der Waals surface area contributed by atoms with Crippen LogP contribution in [0.1, 0.15) is 31.7 Å². The number of likely N-dealkylation sites (tertiary alicyclic amines) is 1. The van der Waals surface area contributed by atoms with Gasteiger partial charge in [-0.15, -0.1) is 0 Å². The van der Waals surface area contributed by atoms with E-state index in [1.54, 1.807) is 6.20 Å². The molecular weight excluding hydrogens is 314 g/mol. The van der Waals surface area contributed by atoms with Crippen molar-refractivity contribution in [3.8, 4) is 0 Å². The number of rotatable bonds is 5. The number of imide groups is 1. The highest BCUT2D eigenvalue weighted by molar-refractivity contribution is 6.01. The van der Waals surface area contributed by atoms with E-state index < -0.39 is 12.0 Å². The second-order valence-electron chi connectivity index (χ2n) is 6.26. The SMILES string of the molecule is O=C(O)CN1CCC(n2cc(NC3CCC(=O)NC3=O)cn2)CC1. The highest BCUT2D eigenvalue weighted by Crippen LogP contribution is 2.23. The number of nitrogens with zero attached hydrogens (tertiary/aromatic N) is 3. The Bertz CT molecular complexity index is 636. The van der Waals surface area contributed by atoms with Crippen molar-refractivity contribution >= 4 is 23.5 Å². The number of piperidine rings is 2. The largest absolute Gasteiger partial charge is 0.480 e. The lowest BCUT2D eigenvalue weighted by atomic mass is 10.1. The number of anilines is 1. The molecule has 1 atom stereocenters. The number of carboxylic acid groups (broad SMARTS) is 1. The van der Waals surface area contributed by atoms with Crippen LogP contribution in [0.4, 0.5) is 5.69 Å². The summed E-state index contributed by atoms with van der Waals surface area (Å²) in [5.41, 5.74) is 0.748. The van der Waals surface area contributed by atoms with Crippen molar-refractivity contribution in [1.29, 1.82) is 0 Å². The minimum Gasteiger partial charge on any atom is -0.480 e. The number of nitrogens with one attached hydrogen (secondary N) is 2. The second-order valence-corrected chi connectivity index (χ2v) is 6.26. The summed E-state index contributed by atoms with van der Waals surface area (Å²) in [7, 11) is 0. The first-order valence-corrected chi connectivity index (χ1v) is 8.10. The van der Waals surface area contributed by atoms with Crippen LogP contribution in [-0.4, -0.2) is 63.2 Å². The number of aromatic nitrogens is 2. The fourth-order valence-corrected chi connectivity index (χ4v) is 3.18. The van der Waals surface area contributed by atoms with Crippen molar-refractivity contribution < 1.29 is 19.5 Å². The molecular formula is C15H21N5O4. The number of hydrogen-bond acceptors (Lipinski definition) is 6. The summed E-state index contributed by atoms with van der Waals surface area (Å²) < 4.78 is 1.87. The van der Waals surface area contributed by atoms with Crippen molar-refractivity contribution in [3.63, 3.8) is 0 Å². The molecule has 0 saturated carbocycles. The molecule has 0 aromatic carbocycles. The van der Waals surface area contributed by atoms with E-state index in [-0.39, 0.29) is 24.4 Å². The molecule has 1 aromatic heterocycles. The third-order valence-electron chi connectivity index (χ3n) is 4.47. The number of carbonyl (C=O) groups excluding carboxylic acids is 2. The van der Waals surface area contributed by atoms with Gasteiger partial charge in [-0.1, -0.05) is 0 Å². The average Bonchev–Trinajstić information content (AvgIpc) is 2.99. The molecule has 24 heavy (non-hydrogen) atoms. The molecule has 3 rings (SSSR count). The number of carboxylic acids is 1. The van der Waals surface area contributed by atoms with E-state index in [1.165, 1.54) is 0 Å². The predicted octanol–water partition coefficient (Wildman–Crippen LogP) is -0.178. The van der Waals surface area contributed by atoms with E-state index in [2.05, 4.69) is 15.7 Å².